The van der Waals surface area contributed by atoms with Crippen molar-refractivity contribution in [3.63, 3.8) is 0 Å². The van der Waals surface area contributed by atoms with E-state index in [0.717, 1.165) is 40.5 Å². The smallest absolute Gasteiger partial charge is 0.241 e. The number of likely N-dealkylation sites (tertiary alicyclic amines) is 1. The molecule has 1 amide bonds. The number of nitrogens with one attached hydrogen (secondary N) is 1. The first-order valence-corrected chi connectivity index (χ1v) is 13.1. The van der Waals surface area contributed by atoms with E-state index in [0.29, 0.717) is 24.8 Å². The molecule has 0 radical (unpaired) electrons. The molecule has 0 bridgehead atoms. The number of nitrogens with zero attached hydrogens (tertiary/aromatic N) is 3. The molecule has 1 fully saturated rings. The van der Waals surface area contributed by atoms with Gasteiger partial charge in [0.05, 0.1) is 18.5 Å². The summed E-state index contributed by atoms with van der Waals surface area (Å²) in [5.74, 6) is 1.12. The van der Waals surface area contributed by atoms with Crippen molar-refractivity contribution in [3.05, 3.63) is 106 Å². The fourth-order valence-corrected chi connectivity index (χ4v) is 5.09. The van der Waals surface area contributed by atoms with Crippen molar-refractivity contribution >= 4 is 21.8 Å². The van der Waals surface area contributed by atoms with Crippen LogP contribution in [0, 0.1) is 12.8 Å². The van der Waals surface area contributed by atoms with Gasteiger partial charge in [-0.15, -0.1) is 0 Å². The van der Waals surface area contributed by atoms with Gasteiger partial charge in [0.25, 0.3) is 0 Å². The van der Waals surface area contributed by atoms with Gasteiger partial charge in [0.2, 0.25) is 17.6 Å². The molecule has 36 heavy (non-hydrogen) atoms. The lowest BCUT2D eigenvalue weighted by atomic mass is 9.94. The van der Waals surface area contributed by atoms with E-state index in [-0.39, 0.29) is 17.9 Å². The topological polar surface area (TPSA) is 71.3 Å². The van der Waals surface area contributed by atoms with Gasteiger partial charge in [-0.1, -0.05) is 93.4 Å². The van der Waals surface area contributed by atoms with Gasteiger partial charge in [0.1, 0.15) is 0 Å². The predicted molar refractivity (Wildman–Crippen MR) is 143 cm³/mol. The van der Waals surface area contributed by atoms with Crippen molar-refractivity contribution in [1.82, 2.24) is 20.4 Å². The largest absolute Gasteiger partial charge is 0.345 e. The molecule has 0 aliphatic carbocycles. The van der Waals surface area contributed by atoms with Crippen LogP contribution in [0.3, 0.4) is 0 Å². The van der Waals surface area contributed by atoms with Crippen LogP contribution in [-0.4, -0.2) is 34.0 Å². The summed E-state index contributed by atoms with van der Waals surface area (Å²) in [6, 6.07) is 26.2. The van der Waals surface area contributed by atoms with Crippen molar-refractivity contribution < 1.29 is 9.32 Å². The number of halogens is 1. The second kappa shape index (κ2) is 11.2. The molecular weight excluding hydrogens is 516 g/mol. The number of rotatable bonds is 7. The first-order valence-electron chi connectivity index (χ1n) is 12.3. The van der Waals surface area contributed by atoms with Gasteiger partial charge in [-0.25, -0.2) is 0 Å². The maximum Gasteiger partial charge on any atom is 0.241 e. The number of piperidine rings is 1. The highest BCUT2D eigenvalue weighted by molar-refractivity contribution is 9.10. The van der Waals surface area contributed by atoms with Crippen molar-refractivity contribution in [2.24, 2.45) is 5.92 Å². The maximum atomic E-state index is 13.4. The normalized spacial score (nSPS) is 17.0. The molecule has 2 atom stereocenters. The Labute approximate surface area is 219 Å². The SMILES string of the molecule is Cc1ccc(C(NC(=O)C2CCCN(Cc3nc(-c4cccc(Br)c4)no3)C2)c2ccccc2)cc1. The lowest BCUT2D eigenvalue weighted by molar-refractivity contribution is -0.127. The van der Waals surface area contributed by atoms with Crippen molar-refractivity contribution in [2.75, 3.05) is 13.1 Å². The van der Waals surface area contributed by atoms with E-state index >= 15 is 0 Å². The van der Waals surface area contributed by atoms with Gasteiger partial charge in [0.15, 0.2) is 0 Å². The number of hydrogen-bond acceptors (Lipinski definition) is 5. The van der Waals surface area contributed by atoms with Crippen LogP contribution in [0.1, 0.15) is 41.5 Å². The van der Waals surface area contributed by atoms with Gasteiger partial charge in [0, 0.05) is 16.6 Å². The highest BCUT2D eigenvalue weighted by Crippen LogP contribution is 2.26. The minimum absolute atomic E-state index is 0.0782. The number of carbonyl (C=O) groups is 1. The van der Waals surface area contributed by atoms with Crippen LogP contribution in [0.25, 0.3) is 11.4 Å². The Morgan fingerprint density at radius 2 is 1.86 bits per heavy atom. The lowest BCUT2D eigenvalue weighted by Gasteiger charge is -2.32. The van der Waals surface area contributed by atoms with Crippen LogP contribution in [0.5, 0.6) is 0 Å². The predicted octanol–water partition coefficient (Wildman–Crippen LogP) is 5.93. The molecule has 0 spiro atoms. The van der Waals surface area contributed by atoms with Crippen LogP contribution >= 0.6 is 15.9 Å². The molecule has 5 rings (SSSR count). The Balaban J connectivity index is 1.26. The molecule has 6 nitrogen and oxygen atoms in total. The van der Waals surface area contributed by atoms with E-state index in [4.69, 9.17) is 4.52 Å². The van der Waals surface area contributed by atoms with Gasteiger partial charge in [-0.05, 0) is 49.6 Å². The third kappa shape index (κ3) is 5.91. The van der Waals surface area contributed by atoms with Crippen LogP contribution in [-0.2, 0) is 11.3 Å². The first-order chi connectivity index (χ1) is 17.5. The Morgan fingerprint density at radius 1 is 1.08 bits per heavy atom. The van der Waals surface area contributed by atoms with E-state index in [2.05, 4.69) is 79.6 Å². The van der Waals surface area contributed by atoms with Gasteiger partial charge >= 0.3 is 0 Å². The Kier molecular flexibility index (Phi) is 7.58. The fourth-order valence-electron chi connectivity index (χ4n) is 4.69. The average Bonchev–Trinajstić information content (AvgIpc) is 3.37. The van der Waals surface area contributed by atoms with Crippen LogP contribution in [0.4, 0.5) is 0 Å². The van der Waals surface area contributed by atoms with E-state index in [1.807, 2.05) is 42.5 Å². The number of benzene rings is 3. The second-order valence-electron chi connectivity index (χ2n) is 9.36. The molecule has 1 aromatic heterocycles. The highest BCUT2D eigenvalue weighted by Gasteiger charge is 2.29. The molecule has 184 valence electrons. The average molecular weight is 545 g/mol. The van der Waals surface area contributed by atoms with Crippen LogP contribution < -0.4 is 5.32 Å². The van der Waals surface area contributed by atoms with Crippen molar-refractivity contribution in [1.29, 1.82) is 0 Å². The highest BCUT2D eigenvalue weighted by atomic mass is 79.9. The molecule has 1 saturated heterocycles. The third-order valence-electron chi connectivity index (χ3n) is 6.62. The Bertz CT molecular complexity index is 1310. The summed E-state index contributed by atoms with van der Waals surface area (Å²) in [6.45, 7) is 4.17. The van der Waals surface area contributed by atoms with Crippen LogP contribution in [0.15, 0.2) is 87.9 Å². The third-order valence-corrected chi connectivity index (χ3v) is 7.11. The molecule has 1 aliphatic heterocycles. The minimum atomic E-state index is -0.182. The van der Waals surface area contributed by atoms with E-state index < -0.39 is 0 Å². The molecule has 1 N–H and O–H groups in total. The Hall–Kier alpha value is -3.29. The van der Waals surface area contributed by atoms with E-state index in [9.17, 15) is 4.79 Å². The summed E-state index contributed by atoms with van der Waals surface area (Å²) in [5, 5.41) is 7.48. The van der Waals surface area contributed by atoms with Crippen molar-refractivity contribution in [3.8, 4) is 11.4 Å². The number of aromatic nitrogens is 2. The zero-order valence-electron chi connectivity index (χ0n) is 20.2. The summed E-state index contributed by atoms with van der Waals surface area (Å²) in [7, 11) is 0. The fraction of sp³-hybridized carbons (Fsp3) is 0.276. The standard InChI is InChI=1S/C29H29BrN4O2/c1-20-12-14-22(15-13-20)27(21-7-3-2-4-8-21)32-29(35)24-10-6-16-34(18-24)19-26-31-28(33-36-26)23-9-5-11-25(30)17-23/h2-5,7-9,11-15,17,24,27H,6,10,16,18-19H2,1H3,(H,32,35). The quantitative estimate of drug-likeness (QED) is 0.312. The van der Waals surface area contributed by atoms with Crippen LogP contribution in [0.2, 0.25) is 0 Å². The first kappa shape index (κ1) is 24.4. The zero-order valence-corrected chi connectivity index (χ0v) is 21.8. The number of hydrogen-bond donors (Lipinski definition) is 1. The minimum Gasteiger partial charge on any atom is -0.345 e. The second-order valence-corrected chi connectivity index (χ2v) is 10.3. The van der Waals surface area contributed by atoms with Gasteiger partial charge < -0.3 is 9.84 Å². The molecule has 7 heteroatoms. The number of carbonyl (C=O) groups excluding carboxylic acids is 1. The summed E-state index contributed by atoms with van der Waals surface area (Å²) in [4.78, 5) is 20.3. The molecule has 0 saturated carbocycles. The summed E-state index contributed by atoms with van der Waals surface area (Å²) >= 11 is 3.48. The van der Waals surface area contributed by atoms with Crippen molar-refractivity contribution in [2.45, 2.75) is 32.4 Å². The van der Waals surface area contributed by atoms with E-state index in [1.54, 1.807) is 0 Å². The van der Waals surface area contributed by atoms with Gasteiger partial charge in [-0.3, -0.25) is 9.69 Å². The molecular formula is C29H29BrN4O2. The molecule has 3 aromatic carbocycles. The molecule has 4 aromatic rings. The lowest BCUT2D eigenvalue weighted by Crippen LogP contribution is -2.43. The number of amides is 1. The maximum absolute atomic E-state index is 13.4. The monoisotopic (exact) mass is 544 g/mol. The Morgan fingerprint density at radius 3 is 2.64 bits per heavy atom. The summed E-state index contributed by atoms with van der Waals surface area (Å²) in [6.07, 6.45) is 1.82. The summed E-state index contributed by atoms with van der Waals surface area (Å²) in [5.41, 5.74) is 4.26. The van der Waals surface area contributed by atoms with E-state index in [1.165, 1.54) is 5.56 Å². The van der Waals surface area contributed by atoms with Gasteiger partial charge in [-0.2, -0.15) is 4.98 Å². The zero-order chi connectivity index (χ0) is 24.9. The molecule has 2 heterocycles. The molecule has 1 aliphatic rings. The summed E-state index contributed by atoms with van der Waals surface area (Å²) < 4.78 is 6.50. The molecule has 2 unspecified atom stereocenters. The number of aryl methyl sites for hydroxylation is 1.